The molecule has 0 aliphatic carbocycles. The molecule has 1 atom stereocenters. The Bertz CT molecular complexity index is 1390. The number of carbonyl (C=O) groups excluding carboxylic acids is 1. The van der Waals surface area contributed by atoms with E-state index in [1.54, 1.807) is 17.5 Å². The van der Waals surface area contributed by atoms with Gasteiger partial charge in [0.25, 0.3) is 11.5 Å². The van der Waals surface area contributed by atoms with E-state index in [4.69, 9.17) is 4.99 Å². The summed E-state index contributed by atoms with van der Waals surface area (Å²) in [6.07, 6.45) is 6.76. The fraction of sp³-hybridized carbons (Fsp3) is 0.414. The first-order valence-corrected chi connectivity index (χ1v) is 14.2. The van der Waals surface area contributed by atoms with Crippen molar-refractivity contribution in [2.24, 2.45) is 4.99 Å². The number of aliphatic imine (C=N–C) groups is 1. The van der Waals surface area contributed by atoms with Crippen molar-refractivity contribution in [1.82, 2.24) is 14.8 Å². The quantitative estimate of drug-likeness (QED) is 0.437. The van der Waals surface area contributed by atoms with E-state index in [0.29, 0.717) is 18.5 Å². The molecule has 0 unspecified atom stereocenters. The zero-order valence-electron chi connectivity index (χ0n) is 21.3. The van der Waals surface area contributed by atoms with Gasteiger partial charge < -0.3 is 20.1 Å². The van der Waals surface area contributed by atoms with Gasteiger partial charge in [-0.3, -0.25) is 14.6 Å². The summed E-state index contributed by atoms with van der Waals surface area (Å²) in [7, 11) is 0. The summed E-state index contributed by atoms with van der Waals surface area (Å²) >= 11 is 1.74. The van der Waals surface area contributed by atoms with Crippen LogP contribution in [-0.2, 0) is 19.4 Å². The Morgan fingerprint density at radius 3 is 2.81 bits per heavy atom. The van der Waals surface area contributed by atoms with Crippen LogP contribution in [-0.4, -0.2) is 58.6 Å². The van der Waals surface area contributed by atoms with Crippen molar-refractivity contribution in [3.63, 3.8) is 0 Å². The summed E-state index contributed by atoms with van der Waals surface area (Å²) in [5, 5.41) is 5.62. The van der Waals surface area contributed by atoms with Gasteiger partial charge in [-0.05, 0) is 80.5 Å². The first-order chi connectivity index (χ1) is 18.0. The molecule has 2 N–H and O–H groups in total. The van der Waals surface area contributed by atoms with Gasteiger partial charge in [0, 0.05) is 48.6 Å². The van der Waals surface area contributed by atoms with Crippen LogP contribution in [0.25, 0.3) is 0 Å². The van der Waals surface area contributed by atoms with Crippen LogP contribution in [0, 0.1) is 0 Å². The molecule has 0 spiro atoms. The Morgan fingerprint density at radius 2 is 2.00 bits per heavy atom. The summed E-state index contributed by atoms with van der Waals surface area (Å²) in [5.74, 6) is 0.102. The number of amides is 1. The minimum absolute atomic E-state index is 0.102. The predicted octanol–water partition coefficient (Wildman–Crippen LogP) is 4.60. The molecule has 1 aromatic carbocycles. The van der Waals surface area contributed by atoms with Crippen molar-refractivity contribution in [3.8, 4) is 0 Å². The van der Waals surface area contributed by atoms with Crippen molar-refractivity contribution in [3.05, 3.63) is 79.4 Å². The fourth-order valence-electron chi connectivity index (χ4n) is 5.82. The maximum absolute atomic E-state index is 13.1. The lowest BCUT2D eigenvalue weighted by atomic mass is 10.00. The molecule has 8 heteroatoms. The van der Waals surface area contributed by atoms with E-state index in [2.05, 4.69) is 45.7 Å². The van der Waals surface area contributed by atoms with Crippen molar-refractivity contribution in [1.29, 1.82) is 0 Å². The second-order valence-corrected chi connectivity index (χ2v) is 11.5. The van der Waals surface area contributed by atoms with Crippen LogP contribution in [0.15, 0.2) is 51.7 Å². The van der Waals surface area contributed by atoms with Gasteiger partial charge >= 0.3 is 0 Å². The average Bonchev–Trinajstić information content (AvgIpc) is 3.67. The van der Waals surface area contributed by atoms with Crippen LogP contribution in [0.2, 0.25) is 0 Å². The highest BCUT2D eigenvalue weighted by molar-refractivity contribution is 7.09. The van der Waals surface area contributed by atoms with Crippen molar-refractivity contribution < 1.29 is 4.79 Å². The van der Waals surface area contributed by atoms with Gasteiger partial charge in [-0.15, -0.1) is 11.3 Å². The lowest BCUT2D eigenvalue weighted by molar-refractivity contribution is 0.0772. The zero-order valence-corrected chi connectivity index (χ0v) is 22.1. The Labute approximate surface area is 221 Å². The number of thiophene rings is 1. The number of anilines is 1. The van der Waals surface area contributed by atoms with E-state index in [1.807, 2.05) is 17.0 Å². The van der Waals surface area contributed by atoms with E-state index >= 15 is 0 Å². The predicted molar refractivity (Wildman–Crippen MR) is 150 cm³/mol. The molecule has 0 radical (unpaired) electrons. The summed E-state index contributed by atoms with van der Waals surface area (Å²) in [6.45, 7) is 7.03. The molecule has 0 saturated carbocycles. The van der Waals surface area contributed by atoms with Gasteiger partial charge in [-0.25, -0.2) is 0 Å². The van der Waals surface area contributed by atoms with Crippen LogP contribution in [0.3, 0.4) is 0 Å². The lowest BCUT2D eigenvalue weighted by Crippen LogP contribution is -2.29. The highest BCUT2D eigenvalue weighted by atomic mass is 32.1. The van der Waals surface area contributed by atoms with Gasteiger partial charge in [-0.1, -0.05) is 12.1 Å². The molecular weight excluding hydrogens is 482 g/mol. The van der Waals surface area contributed by atoms with Crippen LogP contribution in [0.1, 0.15) is 58.1 Å². The standard InChI is InChI=1S/C29H33N5O2S/c1-19(14-22-6-4-13-37-22)31-24-7-8-30-28(35)27(24)26-16-20-15-21-18-34(12-5-11-33-9-2-3-10-33)29(36)23(21)17-25(20)32-26/h4,6-8,13,15,17,19H,2-3,5,9-12,14,16,18H2,1H3,(H2,30,31,35)/t19-/m0/s1. The molecule has 7 nitrogen and oxygen atoms in total. The molecule has 2 aromatic heterocycles. The second kappa shape index (κ2) is 10.3. The highest BCUT2D eigenvalue weighted by Gasteiger charge is 2.31. The van der Waals surface area contributed by atoms with Crippen LogP contribution in [0.4, 0.5) is 11.4 Å². The number of hydrogen-bond acceptors (Lipinski definition) is 6. The SMILES string of the molecule is C[C@@H](Cc1cccs1)Nc1cc[nH]c(=O)c1C1=Nc2cc3c(cc2C1)CN(CCCN1CCCC1)C3=O. The number of benzene rings is 1. The van der Waals surface area contributed by atoms with E-state index in [0.717, 1.165) is 59.7 Å². The van der Waals surface area contributed by atoms with Gasteiger partial charge in [0.2, 0.25) is 0 Å². The Hall–Kier alpha value is -3.23. The van der Waals surface area contributed by atoms with Crippen LogP contribution in [0.5, 0.6) is 0 Å². The summed E-state index contributed by atoms with van der Waals surface area (Å²) in [5.41, 5.74) is 5.72. The third kappa shape index (κ3) is 5.00. The van der Waals surface area contributed by atoms with E-state index in [9.17, 15) is 9.59 Å². The maximum atomic E-state index is 13.1. The number of nitrogens with zero attached hydrogens (tertiary/aromatic N) is 3. The molecule has 0 bridgehead atoms. The number of aromatic amines is 1. The molecular formula is C29H33N5O2S. The molecule has 6 rings (SSSR count). The van der Waals surface area contributed by atoms with E-state index in [-0.39, 0.29) is 17.5 Å². The molecule has 1 fully saturated rings. The van der Waals surface area contributed by atoms with Gasteiger partial charge in [-0.2, -0.15) is 0 Å². The van der Waals surface area contributed by atoms with E-state index < -0.39 is 0 Å². The molecule has 3 aliphatic rings. The number of H-pyrrole nitrogens is 1. The third-order valence-electron chi connectivity index (χ3n) is 7.64. The molecule has 192 valence electrons. The van der Waals surface area contributed by atoms with Crippen LogP contribution < -0.4 is 10.9 Å². The lowest BCUT2D eigenvalue weighted by Gasteiger charge is -2.19. The van der Waals surface area contributed by atoms with E-state index in [1.165, 1.54) is 30.8 Å². The molecule has 3 aromatic rings. The number of aromatic nitrogens is 1. The number of rotatable bonds is 9. The second-order valence-electron chi connectivity index (χ2n) is 10.4. The first kappa shape index (κ1) is 24.1. The minimum Gasteiger partial charge on any atom is -0.381 e. The Balaban J connectivity index is 1.17. The number of pyridine rings is 1. The summed E-state index contributed by atoms with van der Waals surface area (Å²) < 4.78 is 0. The van der Waals surface area contributed by atoms with Crippen molar-refractivity contribution in [2.45, 2.75) is 51.6 Å². The Morgan fingerprint density at radius 1 is 1.14 bits per heavy atom. The largest absolute Gasteiger partial charge is 0.381 e. The van der Waals surface area contributed by atoms with Crippen molar-refractivity contribution in [2.75, 3.05) is 31.5 Å². The topological polar surface area (TPSA) is 80.8 Å². The monoisotopic (exact) mass is 515 g/mol. The number of fused-ring (bicyclic) bond motifs is 2. The Kier molecular flexibility index (Phi) is 6.69. The molecule has 3 aliphatic heterocycles. The van der Waals surface area contributed by atoms with Crippen molar-refractivity contribution >= 4 is 34.3 Å². The molecule has 37 heavy (non-hydrogen) atoms. The third-order valence-corrected chi connectivity index (χ3v) is 8.54. The van der Waals surface area contributed by atoms with Gasteiger partial charge in [0.15, 0.2) is 0 Å². The number of carbonyl (C=O) groups is 1. The zero-order chi connectivity index (χ0) is 25.4. The smallest absolute Gasteiger partial charge is 0.259 e. The maximum Gasteiger partial charge on any atom is 0.259 e. The number of nitrogens with one attached hydrogen (secondary N) is 2. The fourth-order valence-corrected chi connectivity index (χ4v) is 6.66. The number of likely N-dealkylation sites (tertiary alicyclic amines) is 1. The summed E-state index contributed by atoms with van der Waals surface area (Å²) in [4.78, 5) is 39.5. The first-order valence-electron chi connectivity index (χ1n) is 13.3. The van der Waals surface area contributed by atoms with Gasteiger partial charge in [0.1, 0.15) is 0 Å². The normalized spacial score (nSPS) is 17.7. The molecule has 5 heterocycles. The molecule has 1 saturated heterocycles. The van der Waals surface area contributed by atoms with Gasteiger partial charge in [0.05, 0.1) is 22.6 Å². The van der Waals surface area contributed by atoms with Crippen LogP contribution >= 0.6 is 11.3 Å². The number of hydrogen-bond donors (Lipinski definition) is 2. The molecule has 1 amide bonds. The minimum atomic E-state index is -0.146. The summed E-state index contributed by atoms with van der Waals surface area (Å²) in [6, 6.07) is 10.3. The highest BCUT2D eigenvalue weighted by Crippen LogP contribution is 2.36. The average molecular weight is 516 g/mol.